The summed E-state index contributed by atoms with van der Waals surface area (Å²) in [5, 5.41) is 13.9. The second-order valence-electron chi connectivity index (χ2n) is 6.17. The molecule has 4 aromatic rings. The molecule has 2 aromatic heterocycles. The van der Waals surface area contributed by atoms with Crippen molar-refractivity contribution in [2.75, 3.05) is 23.8 Å². The standard InChI is InChI=1S/C19H15FN6O2/c20-14-10-21-19(24-12-2-1-11-9-22-26-15(11)7-12)25-18(14)23-13-3-4-16-17(8-13)28-6-5-27-16/h1-4,7-10H,5-6H2,(H,22,26)(H2,21,23,24,25). The van der Waals surface area contributed by atoms with Crippen LogP contribution in [0, 0.1) is 5.82 Å². The van der Waals surface area contributed by atoms with Gasteiger partial charge in [0, 0.05) is 22.8 Å². The first kappa shape index (κ1) is 16.3. The van der Waals surface area contributed by atoms with Crippen LogP contribution in [0.5, 0.6) is 11.5 Å². The molecule has 9 heteroatoms. The summed E-state index contributed by atoms with van der Waals surface area (Å²) in [6, 6.07) is 11.0. The minimum Gasteiger partial charge on any atom is -0.486 e. The maximum Gasteiger partial charge on any atom is 0.229 e. The molecule has 1 aliphatic heterocycles. The zero-order valence-corrected chi connectivity index (χ0v) is 14.6. The van der Waals surface area contributed by atoms with Crippen LogP contribution in [0.2, 0.25) is 0 Å². The van der Waals surface area contributed by atoms with Crippen LogP contribution < -0.4 is 20.1 Å². The van der Waals surface area contributed by atoms with Crippen molar-refractivity contribution in [3.8, 4) is 11.5 Å². The van der Waals surface area contributed by atoms with Gasteiger partial charge in [-0.2, -0.15) is 10.1 Å². The summed E-state index contributed by atoms with van der Waals surface area (Å²) in [6.45, 7) is 0.993. The SMILES string of the molecule is Fc1cnc(Nc2ccc3cn[nH]c3c2)nc1Nc1ccc2c(c1)OCCO2. The zero-order valence-electron chi connectivity index (χ0n) is 14.6. The highest BCUT2D eigenvalue weighted by molar-refractivity contribution is 5.82. The second-order valence-corrected chi connectivity index (χ2v) is 6.17. The van der Waals surface area contributed by atoms with Crippen molar-refractivity contribution >= 4 is 34.0 Å². The summed E-state index contributed by atoms with van der Waals surface area (Å²) in [5.41, 5.74) is 2.27. The van der Waals surface area contributed by atoms with Crippen molar-refractivity contribution in [2.24, 2.45) is 0 Å². The quantitative estimate of drug-likeness (QED) is 0.498. The Hall–Kier alpha value is -3.88. The van der Waals surface area contributed by atoms with Gasteiger partial charge in [0.2, 0.25) is 5.95 Å². The molecule has 28 heavy (non-hydrogen) atoms. The van der Waals surface area contributed by atoms with E-state index in [9.17, 15) is 4.39 Å². The van der Waals surface area contributed by atoms with Crippen LogP contribution in [0.4, 0.5) is 27.5 Å². The number of hydrogen-bond donors (Lipinski definition) is 3. The van der Waals surface area contributed by atoms with Gasteiger partial charge in [0.05, 0.1) is 17.9 Å². The van der Waals surface area contributed by atoms with Crippen LogP contribution >= 0.6 is 0 Å². The number of halogens is 1. The third kappa shape index (κ3) is 3.13. The van der Waals surface area contributed by atoms with Crippen molar-refractivity contribution in [1.82, 2.24) is 20.2 Å². The van der Waals surface area contributed by atoms with E-state index in [4.69, 9.17) is 9.47 Å². The fourth-order valence-corrected chi connectivity index (χ4v) is 2.92. The van der Waals surface area contributed by atoms with Crippen molar-refractivity contribution in [2.45, 2.75) is 0 Å². The summed E-state index contributed by atoms with van der Waals surface area (Å²) in [6.07, 6.45) is 2.85. The molecule has 5 rings (SSSR count). The third-order valence-corrected chi connectivity index (χ3v) is 4.25. The Balaban J connectivity index is 1.39. The lowest BCUT2D eigenvalue weighted by atomic mass is 10.2. The summed E-state index contributed by atoms with van der Waals surface area (Å²) < 4.78 is 25.3. The first-order valence-corrected chi connectivity index (χ1v) is 8.64. The highest BCUT2D eigenvalue weighted by atomic mass is 19.1. The Labute approximate surface area is 158 Å². The molecular formula is C19H15FN6O2. The maximum absolute atomic E-state index is 14.2. The molecule has 1 aliphatic rings. The van der Waals surface area contributed by atoms with Gasteiger partial charge in [-0.3, -0.25) is 5.10 Å². The maximum atomic E-state index is 14.2. The summed E-state index contributed by atoms with van der Waals surface area (Å²) in [4.78, 5) is 8.24. The minimum atomic E-state index is -0.565. The lowest BCUT2D eigenvalue weighted by molar-refractivity contribution is 0.171. The average molecular weight is 378 g/mol. The first-order valence-electron chi connectivity index (χ1n) is 8.64. The molecular weight excluding hydrogens is 363 g/mol. The van der Waals surface area contributed by atoms with Crippen molar-refractivity contribution in [3.63, 3.8) is 0 Å². The van der Waals surface area contributed by atoms with Crippen molar-refractivity contribution in [1.29, 1.82) is 0 Å². The van der Waals surface area contributed by atoms with E-state index in [1.54, 1.807) is 24.4 Å². The van der Waals surface area contributed by atoms with Crippen LogP contribution in [0.25, 0.3) is 10.9 Å². The van der Waals surface area contributed by atoms with Crippen molar-refractivity contribution in [3.05, 3.63) is 54.6 Å². The number of aromatic amines is 1. The first-order chi connectivity index (χ1) is 13.7. The van der Waals surface area contributed by atoms with Gasteiger partial charge < -0.3 is 20.1 Å². The van der Waals surface area contributed by atoms with Crippen LogP contribution in [-0.2, 0) is 0 Å². The Bertz CT molecular complexity index is 1160. The van der Waals surface area contributed by atoms with Gasteiger partial charge in [-0.15, -0.1) is 0 Å². The van der Waals surface area contributed by atoms with E-state index in [0.717, 1.165) is 22.8 Å². The summed E-state index contributed by atoms with van der Waals surface area (Å²) in [5.74, 6) is 1.02. The van der Waals surface area contributed by atoms with Crippen LogP contribution in [0.15, 0.2) is 48.8 Å². The van der Waals surface area contributed by atoms with E-state index in [1.807, 2.05) is 18.2 Å². The number of nitrogens with one attached hydrogen (secondary N) is 3. The van der Waals surface area contributed by atoms with Gasteiger partial charge in [0.25, 0.3) is 0 Å². The number of fused-ring (bicyclic) bond motifs is 2. The fraction of sp³-hybridized carbons (Fsp3) is 0.105. The molecule has 0 unspecified atom stereocenters. The topological polar surface area (TPSA) is 97.0 Å². The van der Waals surface area contributed by atoms with Gasteiger partial charge >= 0.3 is 0 Å². The minimum absolute atomic E-state index is 0.0526. The monoisotopic (exact) mass is 378 g/mol. The second kappa shape index (κ2) is 6.69. The molecule has 8 nitrogen and oxygen atoms in total. The Morgan fingerprint density at radius 2 is 1.75 bits per heavy atom. The van der Waals surface area contributed by atoms with E-state index in [0.29, 0.717) is 30.4 Å². The highest BCUT2D eigenvalue weighted by Crippen LogP contribution is 2.33. The van der Waals surface area contributed by atoms with E-state index < -0.39 is 5.82 Å². The molecule has 3 N–H and O–H groups in total. The van der Waals surface area contributed by atoms with Crippen LogP contribution in [0.3, 0.4) is 0 Å². The number of hydrogen-bond acceptors (Lipinski definition) is 7. The molecule has 3 heterocycles. The number of anilines is 4. The molecule has 0 saturated heterocycles. The van der Waals surface area contributed by atoms with Gasteiger partial charge in [-0.05, 0) is 30.3 Å². The lowest BCUT2D eigenvalue weighted by Gasteiger charge is -2.19. The molecule has 140 valence electrons. The predicted octanol–water partition coefficient (Wildman–Crippen LogP) is 3.75. The number of aromatic nitrogens is 4. The molecule has 0 fully saturated rings. The molecule has 0 bridgehead atoms. The normalized spacial score (nSPS) is 12.8. The molecule has 2 aromatic carbocycles. The molecule has 0 spiro atoms. The predicted molar refractivity (Wildman–Crippen MR) is 102 cm³/mol. The average Bonchev–Trinajstić information content (AvgIpc) is 3.18. The summed E-state index contributed by atoms with van der Waals surface area (Å²) in [7, 11) is 0. The number of rotatable bonds is 4. The third-order valence-electron chi connectivity index (χ3n) is 4.25. The van der Waals surface area contributed by atoms with Crippen LogP contribution in [0.1, 0.15) is 0 Å². The Morgan fingerprint density at radius 3 is 2.68 bits per heavy atom. The number of H-pyrrole nitrogens is 1. The number of ether oxygens (including phenoxy) is 2. The molecule has 0 amide bonds. The Kier molecular flexibility index (Phi) is 3.90. The molecule has 0 saturated carbocycles. The van der Waals surface area contributed by atoms with E-state index in [2.05, 4.69) is 30.8 Å². The fourth-order valence-electron chi connectivity index (χ4n) is 2.92. The van der Waals surface area contributed by atoms with Gasteiger partial charge in [0.15, 0.2) is 23.1 Å². The van der Waals surface area contributed by atoms with Gasteiger partial charge in [-0.25, -0.2) is 9.37 Å². The van der Waals surface area contributed by atoms with E-state index in [1.165, 1.54) is 0 Å². The van der Waals surface area contributed by atoms with Crippen molar-refractivity contribution < 1.29 is 13.9 Å². The van der Waals surface area contributed by atoms with E-state index >= 15 is 0 Å². The number of nitrogens with zero attached hydrogens (tertiary/aromatic N) is 3. The van der Waals surface area contributed by atoms with Crippen LogP contribution in [-0.4, -0.2) is 33.4 Å². The summed E-state index contributed by atoms with van der Waals surface area (Å²) >= 11 is 0. The smallest absolute Gasteiger partial charge is 0.229 e. The zero-order chi connectivity index (χ0) is 18.9. The number of benzene rings is 2. The molecule has 0 radical (unpaired) electrons. The molecule has 0 aliphatic carbocycles. The molecule has 0 atom stereocenters. The Morgan fingerprint density at radius 1 is 0.929 bits per heavy atom. The highest BCUT2D eigenvalue weighted by Gasteiger charge is 2.14. The lowest BCUT2D eigenvalue weighted by Crippen LogP contribution is -2.15. The van der Waals surface area contributed by atoms with Gasteiger partial charge in [-0.1, -0.05) is 0 Å². The van der Waals surface area contributed by atoms with Gasteiger partial charge in [0.1, 0.15) is 13.2 Å². The van der Waals surface area contributed by atoms with E-state index in [-0.39, 0.29) is 11.8 Å². The largest absolute Gasteiger partial charge is 0.486 e.